The first-order valence-corrected chi connectivity index (χ1v) is 9.36. The molecular formula is C22H26N2O2. The molecule has 0 radical (unpaired) electrons. The first-order chi connectivity index (χ1) is 12.8. The second kappa shape index (κ2) is 7.52. The van der Waals surface area contributed by atoms with E-state index in [4.69, 9.17) is 9.84 Å². The molecule has 0 spiro atoms. The minimum atomic E-state index is 0.0332. The normalized spacial score (nSPS) is 19.3. The third kappa shape index (κ3) is 3.22. The summed E-state index contributed by atoms with van der Waals surface area (Å²) < 4.78 is 5.37. The van der Waals surface area contributed by atoms with Crippen LogP contribution in [-0.2, 0) is 6.42 Å². The summed E-state index contributed by atoms with van der Waals surface area (Å²) in [6, 6.07) is 13.6. The predicted octanol–water partition coefficient (Wildman–Crippen LogP) is 3.09. The highest BCUT2D eigenvalue weighted by atomic mass is 16.5. The molecule has 2 N–H and O–H groups in total. The van der Waals surface area contributed by atoms with E-state index in [1.54, 1.807) is 13.2 Å². The van der Waals surface area contributed by atoms with Crippen molar-refractivity contribution in [3.63, 3.8) is 0 Å². The fraction of sp³-hybridized carbons (Fsp3) is 0.364. The summed E-state index contributed by atoms with van der Waals surface area (Å²) in [5, 5.41) is 12.7. The van der Waals surface area contributed by atoms with Crippen molar-refractivity contribution in [1.29, 1.82) is 0 Å². The molecule has 0 aliphatic carbocycles. The van der Waals surface area contributed by atoms with Gasteiger partial charge in [0.1, 0.15) is 5.75 Å². The fourth-order valence-electron chi connectivity index (χ4n) is 4.16. The Balaban J connectivity index is 1.71. The van der Waals surface area contributed by atoms with Crippen molar-refractivity contribution in [3.8, 4) is 16.9 Å². The quantitative estimate of drug-likeness (QED) is 0.889. The number of aliphatic hydroxyl groups excluding tert-OH is 1. The molecule has 0 saturated carbocycles. The summed E-state index contributed by atoms with van der Waals surface area (Å²) in [5.74, 6) is 0.827. The number of fused-ring (bicyclic) bond motifs is 3. The van der Waals surface area contributed by atoms with E-state index in [2.05, 4.69) is 34.5 Å². The van der Waals surface area contributed by atoms with Gasteiger partial charge in [-0.15, -0.1) is 0 Å². The smallest absolute Gasteiger partial charge is 0.119 e. The molecule has 2 aliphatic heterocycles. The van der Waals surface area contributed by atoms with Crippen LogP contribution in [0.15, 0.2) is 42.5 Å². The van der Waals surface area contributed by atoms with Gasteiger partial charge in [-0.2, -0.15) is 0 Å². The Kier molecular flexibility index (Phi) is 4.96. The number of benzene rings is 2. The van der Waals surface area contributed by atoms with Gasteiger partial charge in [0.15, 0.2) is 0 Å². The fourth-order valence-corrected chi connectivity index (χ4v) is 4.16. The van der Waals surface area contributed by atoms with Gasteiger partial charge in [-0.05, 0) is 65.9 Å². The van der Waals surface area contributed by atoms with Crippen LogP contribution < -0.4 is 15.0 Å². The van der Waals surface area contributed by atoms with Crippen LogP contribution in [0, 0.1) is 0 Å². The Labute approximate surface area is 155 Å². The minimum absolute atomic E-state index is 0.0332. The number of hydrogen-bond acceptors (Lipinski definition) is 4. The zero-order chi connectivity index (χ0) is 17.9. The standard InChI is InChI=1S/C22H26N2O2/c1-26-20-5-6-21(16(15-20)3-2-12-25)17-4-7-22-18(13-17)14-19-8-9-23-10-11-24(19)22/h2-7,13,15,19,23,25H,8-12,14H2,1H3/b3-2+. The summed E-state index contributed by atoms with van der Waals surface area (Å²) in [6.07, 6.45) is 6.06. The lowest BCUT2D eigenvalue weighted by molar-refractivity contribution is 0.343. The van der Waals surface area contributed by atoms with Crippen molar-refractivity contribution in [1.82, 2.24) is 5.32 Å². The molecule has 4 heteroatoms. The van der Waals surface area contributed by atoms with Crippen molar-refractivity contribution in [3.05, 3.63) is 53.6 Å². The third-order valence-electron chi connectivity index (χ3n) is 5.44. The number of methoxy groups -OCH3 is 1. The Morgan fingerprint density at radius 1 is 1.23 bits per heavy atom. The number of ether oxygens (including phenoxy) is 1. The number of nitrogens with zero attached hydrogens (tertiary/aromatic N) is 1. The highest BCUT2D eigenvalue weighted by Crippen LogP contribution is 2.38. The zero-order valence-corrected chi connectivity index (χ0v) is 15.2. The van der Waals surface area contributed by atoms with Crippen molar-refractivity contribution in [2.75, 3.05) is 38.3 Å². The number of nitrogens with one attached hydrogen (secondary N) is 1. The molecule has 0 aromatic heterocycles. The van der Waals surface area contributed by atoms with Gasteiger partial charge in [0.05, 0.1) is 13.7 Å². The molecule has 136 valence electrons. The van der Waals surface area contributed by atoms with Crippen LogP contribution in [0.5, 0.6) is 5.75 Å². The van der Waals surface area contributed by atoms with Gasteiger partial charge in [-0.3, -0.25) is 0 Å². The van der Waals surface area contributed by atoms with Crippen molar-refractivity contribution < 1.29 is 9.84 Å². The van der Waals surface area contributed by atoms with E-state index < -0.39 is 0 Å². The summed E-state index contributed by atoms with van der Waals surface area (Å²) >= 11 is 0. The average molecular weight is 350 g/mol. The summed E-state index contributed by atoms with van der Waals surface area (Å²) in [4.78, 5) is 2.57. The largest absolute Gasteiger partial charge is 0.497 e. The van der Waals surface area contributed by atoms with E-state index in [9.17, 15) is 0 Å². The average Bonchev–Trinajstić information content (AvgIpc) is 2.85. The van der Waals surface area contributed by atoms with Gasteiger partial charge in [0.2, 0.25) is 0 Å². The molecule has 2 aromatic carbocycles. The Morgan fingerprint density at radius 2 is 2.15 bits per heavy atom. The summed E-state index contributed by atoms with van der Waals surface area (Å²) in [7, 11) is 1.68. The molecule has 2 aliphatic rings. The number of anilines is 1. The first-order valence-electron chi connectivity index (χ1n) is 9.36. The highest BCUT2D eigenvalue weighted by Gasteiger charge is 2.30. The monoisotopic (exact) mass is 350 g/mol. The topological polar surface area (TPSA) is 44.7 Å². The third-order valence-corrected chi connectivity index (χ3v) is 5.44. The van der Waals surface area contributed by atoms with Crippen LogP contribution >= 0.6 is 0 Å². The second-order valence-electron chi connectivity index (χ2n) is 6.97. The van der Waals surface area contributed by atoms with Crippen LogP contribution in [0.4, 0.5) is 5.69 Å². The maximum Gasteiger partial charge on any atom is 0.119 e. The maximum absolute atomic E-state index is 9.16. The Bertz CT molecular complexity index is 816. The summed E-state index contributed by atoms with van der Waals surface area (Å²) in [6.45, 7) is 3.29. The molecule has 2 aromatic rings. The molecule has 0 amide bonds. The maximum atomic E-state index is 9.16. The molecule has 4 rings (SSSR count). The van der Waals surface area contributed by atoms with Crippen LogP contribution in [0.1, 0.15) is 17.5 Å². The number of hydrogen-bond donors (Lipinski definition) is 2. The van der Waals surface area contributed by atoms with Crippen LogP contribution in [0.25, 0.3) is 17.2 Å². The first kappa shape index (κ1) is 17.1. The Morgan fingerprint density at radius 3 is 3.00 bits per heavy atom. The molecule has 2 heterocycles. The van der Waals surface area contributed by atoms with E-state index >= 15 is 0 Å². The van der Waals surface area contributed by atoms with Crippen molar-refractivity contribution in [2.24, 2.45) is 0 Å². The van der Waals surface area contributed by atoms with E-state index in [1.165, 1.54) is 28.8 Å². The zero-order valence-electron chi connectivity index (χ0n) is 15.2. The lowest BCUT2D eigenvalue weighted by Crippen LogP contribution is -2.32. The molecular weight excluding hydrogens is 324 g/mol. The van der Waals surface area contributed by atoms with Gasteiger partial charge in [0.25, 0.3) is 0 Å². The molecule has 1 fully saturated rings. The van der Waals surface area contributed by atoms with E-state index in [0.717, 1.165) is 37.4 Å². The van der Waals surface area contributed by atoms with Gasteiger partial charge in [-0.25, -0.2) is 0 Å². The van der Waals surface area contributed by atoms with Gasteiger partial charge in [-0.1, -0.05) is 24.3 Å². The molecule has 1 saturated heterocycles. The molecule has 4 nitrogen and oxygen atoms in total. The lowest BCUT2D eigenvalue weighted by Gasteiger charge is -2.24. The van der Waals surface area contributed by atoms with E-state index in [-0.39, 0.29) is 6.61 Å². The molecule has 0 bridgehead atoms. The van der Waals surface area contributed by atoms with Gasteiger partial charge < -0.3 is 20.1 Å². The van der Waals surface area contributed by atoms with Crippen LogP contribution in [-0.4, -0.2) is 44.5 Å². The predicted molar refractivity (Wildman–Crippen MR) is 107 cm³/mol. The molecule has 1 atom stereocenters. The van der Waals surface area contributed by atoms with Crippen LogP contribution in [0.3, 0.4) is 0 Å². The van der Waals surface area contributed by atoms with Gasteiger partial charge >= 0.3 is 0 Å². The second-order valence-corrected chi connectivity index (χ2v) is 6.97. The number of aliphatic hydroxyl groups is 1. The van der Waals surface area contributed by atoms with E-state index in [1.807, 2.05) is 18.2 Å². The van der Waals surface area contributed by atoms with E-state index in [0.29, 0.717) is 6.04 Å². The van der Waals surface area contributed by atoms with Crippen molar-refractivity contribution >= 4 is 11.8 Å². The minimum Gasteiger partial charge on any atom is -0.497 e. The van der Waals surface area contributed by atoms with Crippen LogP contribution in [0.2, 0.25) is 0 Å². The highest BCUT2D eigenvalue weighted by molar-refractivity contribution is 5.79. The molecule has 26 heavy (non-hydrogen) atoms. The lowest BCUT2D eigenvalue weighted by atomic mass is 9.96. The Hall–Kier alpha value is -2.30. The summed E-state index contributed by atoms with van der Waals surface area (Å²) in [5.41, 5.74) is 6.29. The van der Waals surface area contributed by atoms with Gasteiger partial charge in [0, 0.05) is 24.8 Å². The molecule has 1 unspecified atom stereocenters. The van der Waals surface area contributed by atoms with Crippen molar-refractivity contribution in [2.45, 2.75) is 18.9 Å². The SMILES string of the molecule is COc1ccc(-c2ccc3c(c2)CC2CCNCCN32)c(/C=C/CO)c1. The number of rotatable bonds is 4.